The van der Waals surface area contributed by atoms with Gasteiger partial charge >= 0.3 is 0 Å². The Labute approximate surface area is 130 Å². The lowest BCUT2D eigenvalue weighted by Crippen LogP contribution is -3.08. The van der Waals surface area contributed by atoms with Gasteiger partial charge in [-0.2, -0.15) is 5.10 Å². The number of nitrogens with zero attached hydrogens (tertiary/aromatic N) is 2. The second kappa shape index (κ2) is 6.75. The average molecular weight is 299 g/mol. The molecule has 1 aromatic carbocycles. The van der Waals surface area contributed by atoms with Crippen LogP contribution in [0, 0.1) is 0 Å². The molecule has 1 saturated heterocycles. The second-order valence-electron chi connectivity index (χ2n) is 6.04. The summed E-state index contributed by atoms with van der Waals surface area (Å²) < 4.78 is 1.63. The molecule has 0 aliphatic carbocycles. The fourth-order valence-corrected chi connectivity index (χ4v) is 2.94. The molecule has 0 saturated carbocycles. The largest absolute Gasteiger partial charge is 0.348 e. The lowest BCUT2D eigenvalue weighted by molar-refractivity contribution is -0.901. The maximum absolute atomic E-state index is 12.0. The van der Waals surface area contributed by atoms with Gasteiger partial charge in [-0.3, -0.25) is 9.48 Å². The van der Waals surface area contributed by atoms with Crippen molar-refractivity contribution in [2.75, 3.05) is 13.1 Å². The average Bonchev–Trinajstić information content (AvgIpc) is 3.18. The fourth-order valence-electron chi connectivity index (χ4n) is 2.94. The SMILES string of the molecule is Cn1cc(C(=O)NCc2ccc(C[NH+]3CCCC3)cc2)cn1. The number of rotatable bonds is 5. The summed E-state index contributed by atoms with van der Waals surface area (Å²) in [7, 11) is 1.80. The predicted octanol–water partition coefficient (Wildman–Crippen LogP) is 0.529. The summed E-state index contributed by atoms with van der Waals surface area (Å²) >= 11 is 0. The van der Waals surface area contributed by atoms with E-state index in [1.54, 1.807) is 29.0 Å². The summed E-state index contributed by atoms with van der Waals surface area (Å²) in [5, 5.41) is 6.93. The van der Waals surface area contributed by atoms with Crippen molar-refractivity contribution < 1.29 is 9.69 Å². The van der Waals surface area contributed by atoms with E-state index in [0.29, 0.717) is 12.1 Å². The molecule has 2 N–H and O–H groups in total. The maximum atomic E-state index is 12.0. The highest BCUT2D eigenvalue weighted by atomic mass is 16.1. The summed E-state index contributed by atoms with van der Waals surface area (Å²) in [4.78, 5) is 13.6. The Balaban J connectivity index is 1.51. The van der Waals surface area contributed by atoms with Gasteiger partial charge in [0.05, 0.1) is 24.8 Å². The van der Waals surface area contributed by atoms with Gasteiger partial charge in [0.15, 0.2) is 0 Å². The maximum Gasteiger partial charge on any atom is 0.254 e. The van der Waals surface area contributed by atoms with Gasteiger partial charge in [0.1, 0.15) is 6.54 Å². The van der Waals surface area contributed by atoms with Gasteiger partial charge in [-0.15, -0.1) is 0 Å². The Morgan fingerprint density at radius 3 is 2.55 bits per heavy atom. The number of aryl methyl sites for hydroxylation is 1. The van der Waals surface area contributed by atoms with E-state index in [-0.39, 0.29) is 5.91 Å². The van der Waals surface area contributed by atoms with E-state index < -0.39 is 0 Å². The minimum absolute atomic E-state index is 0.0845. The molecular weight excluding hydrogens is 276 g/mol. The summed E-state index contributed by atoms with van der Waals surface area (Å²) in [6, 6.07) is 8.57. The summed E-state index contributed by atoms with van der Waals surface area (Å²) in [5.74, 6) is -0.0845. The van der Waals surface area contributed by atoms with Gasteiger partial charge in [0, 0.05) is 38.2 Å². The molecule has 22 heavy (non-hydrogen) atoms. The summed E-state index contributed by atoms with van der Waals surface area (Å²) in [5.41, 5.74) is 3.09. The lowest BCUT2D eigenvalue weighted by Gasteiger charge is -2.12. The molecule has 5 heteroatoms. The van der Waals surface area contributed by atoms with Crippen molar-refractivity contribution in [3.63, 3.8) is 0 Å². The zero-order chi connectivity index (χ0) is 15.4. The number of hydrogen-bond donors (Lipinski definition) is 2. The van der Waals surface area contributed by atoms with Crippen molar-refractivity contribution in [1.29, 1.82) is 0 Å². The molecule has 1 amide bonds. The van der Waals surface area contributed by atoms with E-state index in [2.05, 4.69) is 34.7 Å². The van der Waals surface area contributed by atoms with Crippen LogP contribution < -0.4 is 10.2 Å². The highest BCUT2D eigenvalue weighted by molar-refractivity contribution is 5.93. The number of quaternary nitrogens is 1. The van der Waals surface area contributed by atoms with Crippen molar-refractivity contribution in [1.82, 2.24) is 15.1 Å². The molecule has 1 aliphatic rings. The zero-order valence-corrected chi connectivity index (χ0v) is 13.0. The fraction of sp³-hybridized carbons (Fsp3) is 0.412. The van der Waals surface area contributed by atoms with Crippen LogP contribution in [-0.2, 0) is 20.1 Å². The third-order valence-electron chi connectivity index (χ3n) is 4.21. The van der Waals surface area contributed by atoms with Crippen molar-refractivity contribution in [2.45, 2.75) is 25.9 Å². The van der Waals surface area contributed by atoms with E-state index in [4.69, 9.17) is 0 Å². The van der Waals surface area contributed by atoms with Crippen LogP contribution in [-0.4, -0.2) is 28.8 Å². The van der Waals surface area contributed by atoms with Gasteiger partial charge in [0.2, 0.25) is 0 Å². The minimum Gasteiger partial charge on any atom is -0.348 e. The molecule has 0 spiro atoms. The zero-order valence-electron chi connectivity index (χ0n) is 13.0. The van der Waals surface area contributed by atoms with Crippen LogP contribution in [0.4, 0.5) is 0 Å². The van der Waals surface area contributed by atoms with Crippen LogP contribution in [0.2, 0.25) is 0 Å². The van der Waals surface area contributed by atoms with Crippen molar-refractivity contribution in [3.05, 3.63) is 53.3 Å². The number of amides is 1. The summed E-state index contributed by atoms with van der Waals surface area (Å²) in [6.45, 7) is 4.25. The van der Waals surface area contributed by atoms with Crippen molar-refractivity contribution in [3.8, 4) is 0 Å². The van der Waals surface area contributed by atoms with Gasteiger partial charge < -0.3 is 10.2 Å². The molecule has 5 nitrogen and oxygen atoms in total. The van der Waals surface area contributed by atoms with Gasteiger partial charge in [0.25, 0.3) is 5.91 Å². The van der Waals surface area contributed by atoms with Crippen LogP contribution in [0.25, 0.3) is 0 Å². The first-order valence-electron chi connectivity index (χ1n) is 7.89. The topological polar surface area (TPSA) is 51.4 Å². The molecule has 1 fully saturated rings. The third-order valence-corrected chi connectivity index (χ3v) is 4.21. The quantitative estimate of drug-likeness (QED) is 0.846. The van der Waals surface area contributed by atoms with Crippen LogP contribution in [0.1, 0.15) is 34.3 Å². The lowest BCUT2D eigenvalue weighted by atomic mass is 10.1. The molecule has 0 radical (unpaired) electrons. The highest BCUT2D eigenvalue weighted by Crippen LogP contribution is 2.05. The predicted molar refractivity (Wildman–Crippen MR) is 84.5 cm³/mol. The van der Waals surface area contributed by atoms with E-state index >= 15 is 0 Å². The molecule has 2 heterocycles. The standard InChI is InChI=1S/C17H22N4O/c1-20-13-16(11-19-20)17(22)18-10-14-4-6-15(7-5-14)12-21-8-2-3-9-21/h4-7,11,13H,2-3,8-10,12H2,1H3,(H,18,22)/p+1. The normalized spacial score (nSPS) is 15.1. The van der Waals surface area contributed by atoms with Crippen LogP contribution >= 0.6 is 0 Å². The molecule has 0 unspecified atom stereocenters. The van der Waals surface area contributed by atoms with Crippen LogP contribution in [0.3, 0.4) is 0 Å². The molecule has 1 aliphatic heterocycles. The first-order valence-corrected chi connectivity index (χ1v) is 7.89. The molecular formula is C17H23N4O+. The van der Waals surface area contributed by atoms with Gasteiger partial charge in [-0.05, 0) is 5.56 Å². The van der Waals surface area contributed by atoms with E-state index in [0.717, 1.165) is 12.1 Å². The van der Waals surface area contributed by atoms with Crippen LogP contribution in [0.15, 0.2) is 36.7 Å². The molecule has 3 rings (SSSR count). The Morgan fingerprint density at radius 1 is 1.23 bits per heavy atom. The number of likely N-dealkylation sites (tertiary alicyclic amines) is 1. The Kier molecular flexibility index (Phi) is 4.53. The number of nitrogens with one attached hydrogen (secondary N) is 2. The molecule has 0 bridgehead atoms. The molecule has 116 valence electrons. The summed E-state index contributed by atoms with van der Waals surface area (Å²) in [6.07, 6.45) is 6.01. The van der Waals surface area contributed by atoms with Gasteiger partial charge in [-0.25, -0.2) is 0 Å². The monoisotopic (exact) mass is 299 g/mol. The van der Waals surface area contributed by atoms with Crippen molar-refractivity contribution in [2.24, 2.45) is 7.05 Å². The minimum atomic E-state index is -0.0845. The van der Waals surface area contributed by atoms with Crippen molar-refractivity contribution >= 4 is 5.91 Å². The number of aromatic nitrogens is 2. The first kappa shape index (κ1) is 14.8. The van der Waals surface area contributed by atoms with E-state index in [9.17, 15) is 4.79 Å². The van der Waals surface area contributed by atoms with Gasteiger partial charge in [-0.1, -0.05) is 24.3 Å². The third kappa shape index (κ3) is 3.74. The smallest absolute Gasteiger partial charge is 0.254 e. The van der Waals surface area contributed by atoms with E-state index in [1.165, 1.54) is 31.5 Å². The Bertz CT molecular complexity index is 626. The number of hydrogen-bond acceptors (Lipinski definition) is 2. The number of carbonyl (C=O) groups excluding carboxylic acids is 1. The van der Waals surface area contributed by atoms with E-state index in [1.807, 2.05) is 0 Å². The molecule has 1 aromatic heterocycles. The molecule has 0 atom stereocenters. The number of carbonyl (C=O) groups is 1. The Hall–Kier alpha value is -2.14. The second-order valence-corrected chi connectivity index (χ2v) is 6.04. The first-order chi connectivity index (χ1) is 10.7. The molecule has 2 aromatic rings. The highest BCUT2D eigenvalue weighted by Gasteiger charge is 2.15. The van der Waals surface area contributed by atoms with Crippen LogP contribution in [0.5, 0.6) is 0 Å². The Morgan fingerprint density at radius 2 is 1.91 bits per heavy atom. The number of benzene rings is 1.